The van der Waals surface area contributed by atoms with Gasteiger partial charge in [-0.05, 0) is 26.0 Å². The molecule has 6 heteroatoms. The Balaban J connectivity index is 3.00. The summed E-state index contributed by atoms with van der Waals surface area (Å²) in [6.07, 6.45) is 0. The van der Waals surface area contributed by atoms with Crippen molar-refractivity contribution in [2.75, 3.05) is 18.5 Å². The predicted molar refractivity (Wildman–Crippen MR) is 66.4 cm³/mol. The molecule has 0 aliphatic carbocycles. The fourth-order valence-electron chi connectivity index (χ4n) is 1.37. The highest BCUT2D eigenvalue weighted by molar-refractivity contribution is 5.64. The zero-order valence-electron chi connectivity index (χ0n) is 9.97. The molecule has 0 amide bonds. The van der Waals surface area contributed by atoms with E-state index in [4.69, 9.17) is 10.5 Å². The van der Waals surface area contributed by atoms with E-state index in [9.17, 15) is 10.1 Å². The van der Waals surface area contributed by atoms with Gasteiger partial charge in [0.2, 0.25) is 0 Å². The Bertz CT molecular complexity index is 396. The number of nitro groups is 1. The van der Waals surface area contributed by atoms with Crippen LogP contribution in [0.15, 0.2) is 18.2 Å². The number of anilines is 1. The summed E-state index contributed by atoms with van der Waals surface area (Å²) in [7, 11) is 0. The summed E-state index contributed by atoms with van der Waals surface area (Å²) < 4.78 is 5.23. The number of nitro benzene ring substituents is 1. The van der Waals surface area contributed by atoms with Crippen molar-refractivity contribution >= 4 is 11.4 Å². The molecule has 6 nitrogen and oxygen atoms in total. The lowest BCUT2D eigenvalue weighted by molar-refractivity contribution is -0.384. The fourth-order valence-corrected chi connectivity index (χ4v) is 1.37. The second-order valence-corrected chi connectivity index (χ2v) is 3.65. The van der Waals surface area contributed by atoms with Gasteiger partial charge in [0.25, 0.3) is 5.69 Å². The van der Waals surface area contributed by atoms with Gasteiger partial charge < -0.3 is 15.8 Å². The maximum atomic E-state index is 10.9. The molecule has 0 fully saturated rings. The van der Waals surface area contributed by atoms with Crippen molar-refractivity contribution in [3.8, 4) is 5.75 Å². The highest BCUT2D eigenvalue weighted by Gasteiger charge is 2.16. The van der Waals surface area contributed by atoms with Crippen LogP contribution in [0, 0.1) is 10.1 Å². The molecular formula is C11H17N3O3. The highest BCUT2D eigenvalue weighted by Crippen LogP contribution is 2.29. The Hall–Kier alpha value is -1.82. The van der Waals surface area contributed by atoms with Crippen LogP contribution < -0.4 is 15.8 Å². The average Bonchev–Trinajstić information content (AvgIpc) is 2.31. The molecule has 0 bridgehead atoms. The highest BCUT2D eigenvalue weighted by atomic mass is 16.6. The van der Waals surface area contributed by atoms with E-state index in [1.807, 2.05) is 13.8 Å². The van der Waals surface area contributed by atoms with Gasteiger partial charge >= 0.3 is 0 Å². The number of nitrogens with one attached hydrogen (secondary N) is 1. The van der Waals surface area contributed by atoms with Crippen molar-refractivity contribution in [1.82, 2.24) is 0 Å². The third-order valence-corrected chi connectivity index (χ3v) is 2.23. The molecule has 0 aromatic heterocycles. The molecule has 0 aliphatic heterocycles. The van der Waals surface area contributed by atoms with Crippen LogP contribution in [-0.2, 0) is 0 Å². The minimum atomic E-state index is -0.436. The Labute approximate surface area is 99.9 Å². The van der Waals surface area contributed by atoms with Gasteiger partial charge in [-0.2, -0.15) is 0 Å². The van der Waals surface area contributed by atoms with Gasteiger partial charge in [-0.15, -0.1) is 0 Å². The van der Waals surface area contributed by atoms with Gasteiger partial charge in [0.1, 0.15) is 11.4 Å². The molecule has 17 heavy (non-hydrogen) atoms. The molecular weight excluding hydrogens is 222 g/mol. The van der Waals surface area contributed by atoms with Crippen LogP contribution in [0.3, 0.4) is 0 Å². The summed E-state index contributed by atoms with van der Waals surface area (Å²) in [5.74, 6) is 0.491. The van der Waals surface area contributed by atoms with Crippen LogP contribution in [0.2, 0.25) is 0 Å². The van der Waals surface area contributed by atoms with Crippen molar-refractivity contribution in [2.24, 2.45) is 5.73 Å². The monoisotopic (exact) mass is 239 g/mol. The molecule has 1 aromatic rings. The predicted octanol–water partition coefficient (Wildman–Crippen LogP) is 1.75. The van der Waals surface area contributed by atoms with E-state index in [1.165, 1.54) is 6.07 Å². The van der Waals surface area contributed by atoms with Gasteiger partial charge in [0, 0.05) is 12.6 Å². The molecule has 94 valence electrons. The molecule has 1 unspecified atom stereocenters. The third-order valence-electron chi connectivity index (χ3n) is 2.23. The molecule has 0 saturated carbocycles. The van der Waals surface area contributed by atoms with E-state index >= 15 is 0 Å². The Morgan fingerprint density at radius 2 is 2.29 bits per heavy atom. The van der Waals surface area contributed by atoms with Crippen molar-refractivity contribution in [3.63, 3.8) is 0 Å². The zero-order valence-corrected chi connectivity index (χ0v) is 9.97. The van der Waals surface area contributed by atoms with Crippen molar-refractivity contribution < 1.29 is 9.66 Å². The molecule has 1 aromatic carbocycles. The first-order chi connectivity index (χ1) is 8.08. The molecule has 0 heterocycles. The van der Waals surface area contributed by atoms with Crippen molar-refractivity contribution in [2.45, 2.75) is 19.9 Å². The van der Waals surface area contributed by atoms with Crippen LogP contribution in [0.25, 0.3) is 0 Å². The van der Waals surface area contributed by atoms with Gasteiger partial charge in [0.15, 0.2) is 0 Å². The summed E-state index contributed by atoms with van der Waals surface area (Å²) >= 11 is 0. The summed E-state index contributed by atoms with van der Waals surface area (Å²) in [6, 6.07) is 4.72. The molecule has 1 rings (SSSR count). The van der Waals surface area contributed by atoms with Gasteiger partial charge in [-0.3, -0.25) is 10.1 Å². The number of hydrogen-bond donors (Lipinski definition) is 2. The van der Waals surface area contributed by atoms with E-state index in [0.717, 1.165) is 0 Å². The maximum Gasteiger partial charge on any atom is 0.296 e. The van der Waals surface area contributed by atoms with Crippen LogP contribution in [-0.4, -0.2) is 24.1 Å². The van der Waals surface area contributed by atoms with Gasteiger partial charge in [-0.25, -0.2) is 0 Å². The molecule has 0 radical (unpaired) electrons. The lowest BCUT2D eigenvalue weighted by Crippen LogP contribution is -2.25. The van der Waals surface area contributed by atoms with Crippen LogP contribution >= 0.6 is 0 Å². The Morgan fingerprint density at radius 1 is 1.59 bits per heavy atom. The van der Waals surface area contributed by atoms with Crippen LogP contribution in [0.5, 0.6) is 5.75 Å². The number of nitrogens with zero attached hydrogens (tertiary/aromatic N) is 1. The van der Waals surface area contributed by atoms with E-state index in [1.54, 1.807) is 12.1 Å². The average molecular weight is 239 g/mol. The van der Waals surface area contributed by atoms with Gasteiger partial charge in [-0.1, -0.05) is 0 Å². The quantitative estimate of drug-likeness (QED) is 0.583. The lowest BCUT2D eigenvalue weighted by atomic mass is 10.2. The summed E-state index contributed by atoms with van der Waals surface area (Å²) in [4.78, 5) is 10.5. The molecule has 0 spiro atoms. The molecule has 3 N–H and O–H groups in total. The Morgan fingerprint density at radius 3 is 2.82 bits per heavy atom. The first-order valence-corrected chi connectivity index (χ1v) is 5.46. The number of ether oxygens (including phenoxy) is 1. The Kier molecular flexibility index (Phi) is 4.71. The third kappa shape index (κ3) is 3.60. The van der Waals surface area contributed by atoms with E-state index in [-0.39, 0.29) is 11.7 Å². The fraction of sp³-hybridized carbons (Fsp3) is 0.455. The lowest BCUT2D eigenvalue weighted by Gasteiger charge is -2.13. The van der Waals surface area contributed by atoms with Crippen LogP contribution in [0.1, 0.15) is 13.8 Å². The molecule has 0 aliphatic rings. The summed E-state index contributed by atoms with van der Waals surface area (Å²) in [5, 5.41) is 13.9. The smallest absolute Gasteiger partial charge is 0.296 e. The second kappa shape index (κ2) is 6.05. The SMILES string of the molecule is CCOc1ccc(NC(C)CN)c([N+](=O)[O-])c1. The number of nitrogens with two attached hydrogens (primary N) is 1. The first-order valence-electron chi connectivity index (χ1n) is 5.46. The molecule has 1 atom stereocenters. The summed E-state index contributed by atoms with van der Waals surface area (Å²) in [6.45, 7) is 4.57. The maximum absolute atomic E-state index is 10.9. The second-order valence-electron chi connectivity index (χ2n) is 3.65. The minimum absolute atomic E-state index is 0.00347. The zero-order chi connectivity index (χ0) is 12.8. The van der Waals surface area contributed by atoms with Crippen molar-refractivity contribution in [3.05, 3.63) is 28.3 Å². The molecule has 0 saturated heterocycles. The summed E-state index contributed by atoms with van der Waals surface area (Å²) in [5.41, 5.74) is 5.92. The number of rotatable bonds is 6. The van der Waals surface area contributed by atoms with E-state index < -0.39 is 4.92 Å². The normalized spacial score (nSPS) is 11.9. The van der Waals surface area contributed by atoms with E-state index in [2.05, 4.69) is 5.32 Å². The van der Waals surface area contributed by atoms with Gasteiger partial charge in [0.05, 0.1) is 17.6 Å². The van der Waals surface area contributed by atoms with Crippen LogP contribution in [0.4, 0.5) is 11.4 Å². The number of benzene rings is 1. The minimum Gasteiger partial charge on any atom is -0.494 e. The standard InChI is InChI=1S/C11H17N3O3/c1-3-17-9-4-5-10(13-8(2)7-12)11(6-9)14(15)16/h4-6,8,13H,3,7,12H2,1-2H3. The van der Waals surface area contributed by atoms with Crippen molar-refractivity contribution in [1.29, 1.82) is 0 Å². The first kappa shape index (κ1) is 13.2. The topological polar surface area (TPSA) is 90.4 Å². The largest absolute Gasteiger partial charge is 0.494 e. The van der Waals surface area contributed by atoms with E-state index in [0.29, 0.717) is 24.6 Å². The number of hydrogen-bond acceptors (Lipinski definition) is 5.